The van der Waals surface area contributed by atoms with Gasteiger partial charge in [0.25, 0.3) is 5.91 Å². The van der Waals surface area contributed by atoms with Crippen LogP contribution in [0, 0.1) is 20.8 Å². The summed E-state index contributed by atoms with van der Waals surface area (Å²) in [7, 11) is -3.11. The maximum Gasteiger partial charge on any atom is 0.257 e. The molecule has 1 atom stereocenters. The van der Waals surface area contributed by atoms with E-state index in [1.165, 1.54) is 0 Å². The standard InChI is InChI=1S/C24H28N6O4S/c1-13(2)29-23-20(11-25-29)19(10-21(26-23)18-9-15(4)34-16(18)5)24(31)27-22-8-14(3)28-30(22)17-6-7-35(32,33)12-17/h8-11,13,17H,6-7,12H2,1-5H3,(H,27,31). The Kier molecular flexibility index (Phi) is 5.54. The van der Waals surface area contributed by atoms with E-state index < -0.39 is 9.84 Å². The second-order valence-electron chi connectivity index (χ2n) is 9.43. The lowest BCUT2D eigenvalue weighted by molar-refractivity contribution is 0.102. The predicted molar refractivity (Wildman–Crippen MR) is 132 cm³/mol. The summed E-state index contributed by atoms with van der Waals surface area (Å²) in [5.41, 5.74) is 3.15. The van der Waals surface area contributed by atoms with E-state index >= 15 is 0 Å². The van der Waals surface area contributed by atoms with Crippen molar-refractivity contribution in [2.45, 2.75) is 53.1 Å². The van der Waals surface area contributed by atoms with Gasteiger partial charge in [-0.3, -0.25) is 4.79 Å². The monoisotopic (exact) mass is 496 g/mol. The van der Waals surface area contributed by atoms with Crippen molar-refractivity contribution in [2.75, 3.05) is 16.8 Å². The molecule has 184 valence electrons. The number of carbonyl (C=O) groups is 1. The number of fused-ring (bicyclic) bond motifs is 1. The topological polar surface area (TPSA) is 125 Å². The third-order valence-electron chi connectivity index (χ3n) is 6.27. The average molecular weight is 497 g/mol. The first-order valence-corrected chi connectivity index (χ1v) is 13.4. The smallest absolute Gasteiger partial charge is 0.257 e. The second kappa shape index (κ2) is 8.33. The van der Waals surface area contributed by atoms with Crippen molar-refractivity contribution < 1.29 is 17.6 Å². The molecule has 1 amide bonds. The molecule has 0 aliphatic carbocycles. The second-order valence-corrected chi connectivity index (χ2v) is 11.7. The van der Waals surface area contributed by atoms with Gasteiger partial charge in [0.15, 0.2) is 15.5 Å². The van der Waals surface area contributed by atoms with Crippen LogP contribution in [0.3, 0.4) is 0 Å². The van der Waals surface area contributed by atoms with Gasteiger partial charge in [0.05, 0.1) is 46.1 Å². The SMILES string of the molecule is Cc1cc(NC(=O)c2cc(-c3cc(C)oc3C)nc3c2cnn3C(C)C)n(C2CCS(=O)(=O)C2)n1. The van der Waals surface area contributed by atoms with Crippen molar-refractivity contribution in [2.24, 2.45) is 0 Å². The first-order valence-electron chi connectivity index (χ1n) is 11.6. The van der Waals surface area contributed by atoms with Crippen LogP contribution in [0.25, 0.3) is 22.3 Å². The van der Waals surface area contributed by atoms with E-state index in [9.17, 15) is 13.2 Å². The fourth-order valence-corrected chi connectivity index (χ4v) is 6.34. The minimum Gasteiger partial charge on any atom is -0.466 e. The highest BCUT2D eigenvalue weighted by Crippen LogP contribution is 2.31. The van der Waals surface area contributed by atoms with Crippen LogP contribution in [0.1, 0.15) is 59.9 Å². The maximum atomic E-state index is 13.6. The van der Waals surface area contributed by atoms with Crippen LogP contribution >= 0.6 is 0 Å². The Balaban J connectivity index is 1.59. The quantitative estimate of drug-likeness (QED) is 0.443. The van der Waals surface area contributed by atoms with Gasteiger partial charge in [-0.25, -0.2) is 22.8 Å². The molecular weight excluding hydrogens is 468 g/mol. The van der Waals surface area contributed by atoms with E-state index in [1.807, 2.05) is 40.7 Å². The number of aromatic nitrogens is 5. The Morgan fingerprint density at radius 2 is 1.97 bits per heavy atom. The Hall–Kier alpha value is -3.47. The molecule has 4 aromatic heterocycles. The highest BCUT2D eigenvalue weighted by atomic mass is 32.2. The summed E-state index contributed by atoms with van der Waals surface area (Å²) in [5, 5.41) is 12.5. The molecule has 11 heteroatoms. The Morgan fingerprint density at radius 3 is 2.60 bits per heavy atom. The van der Waals surface area contributed by atoms with Crippen molar-refractivity contribution in [3.8, 4) is 11.3 Å². The van der Waals surface area contributed by atoms with Crippen LogP contribution in [-0.2, 0) is 9.84 Å². The molecule has 1 aliphatic heterocycles. The van der Waals surface area contributed by atoms with Gasteiger partial charge in [-0.1, -0.05) is 0 Å². The van der Waals surface area contributed by atoms with Crippen molar-refractivity contribution in [1.82, 2.24) is 24.5 Å². The molecule has 1 N–H and O–H groups in total. The van der Waals surface area contributed by atoms with Crippen LogP contribution in [0.2, 0.25) is 0 Å². The van der Waals surface area contributed by atoms with Gasteiger partial charge in [0.1, 0.15) is 17.3 Å². The largest absolute Gasteiger partial charge is 0.466 e. The van der Waals surface area contributed by atoms with Crippen molar-refractivity contribution >= 4 is 32.6 Å². The number of carbonyl (C=O) groups excluding carboxylic acids is 1. The highest BCUT2D eigenvalue weighted by Gasteiger charge is 2.31. The molecular formula is C24H28N6O4S. The summed E-state index contributed by atoms with van der Waals surface area (Å²) >= 11 is 0. The molecule has 1 aliphatic rings. The highest BCUT2D eigenvalue weighted by molar-refractivity contribution is 7.91. The number of furan rings is 1. The van der Waals surface area contributed by atoms with Gasteiger partial charge in [-0.15, -0.1) is 0 Å². The Bertz CT molecular complexity index is 1560. The van der Waals surface area contributed by atoms with Gasteiger partial charge in [0, 0.05) is 17.7 Å². The molecule has 0 bridgehead atoms. The van der Waals surface area contributed by atoms with E-state index in [-0.39, 0.29) is 29.5 Å². The van der Waals surface area contributed by atoms with Gasteiger partial charge in [0.2, 0.25) is 0 Å². The van der Waals surface area contributed by atoms with Gasteiger partial charge >= 0.3 is 0 Å². The summed E-state index contributed by atoms with van der Waals surface area (Å²) in [6, 6.07) is 5.14. The molecule has 1 unspecified atom stereocenters. The predicted octanol–water partition coefficient (Wildman–Crippen LogP) is 4.01. The molecule has 5 rings (SSSR count). The van der Waals surface area contributed by atoms with Crippen molar-refractivity contribution in [1.29, 1.82) is 0 Å². The molecule has 1 fully saturated rings. The van der Waals surface area contributed by atoms with E-state index in [0.717, 1.165) is 11.3 Å². The lowest BCUT2D eigenvalue weighted by atomic mass is 10.1. The Morgan fingerprint density at radius 1 is 1.20 bits per heavy atom. The van der Waals surface area contributed by atoms with Crippen LogP contribution < -0.4 is 5.32 Å². The summed E-state index contributed by atoms with van der Waals surface area (Å²) in [6.07, 6.45) is 2.12. The first kappa shape index (κ1) is 23.3. The van der Waals surface area contributed by atoms with Crippen molar-refractivity contribution in [3.63, 3.8) is 0 Å². The molecule has 35 heavy (non-hydrogen) atoms. The zero-order chi connectivity index (χ0) is 25.1. The summed E-state index contributed by atoms with van der Waals surface area (Å²) in [4.78, 5) is 18.5. The minimum absolute atomic E-state index is 0.0148. The number of amides is 1. The van der Waals surface area contributed by atoms with Crippen LogP contribution in [0.4, 0.5) is 5.82 Å². The molecule has 10 nitrogen and oxygen atoms in total. The lowest BCUT2D eigenvalue weighted by Crippen LogP contribution is -2.20. The lowest BCUT2D eigenvalue weighted by Gasteiger charge is -2.14. The first-order chi connectivity index (χ1) is 16.5. The van der Waals surface area contributed by atoms with Gasteiger partial charge < -0.3 is 9.73 Å². The van der Waals surface area contributed by atoms with Gasteiger partial charge in [-0.2, -0.15) is 10.2 Å². The van der Waals surface area contributed by atoms with Gasteiger partial charge in [-0.05, 0) is 53.2 Å². The number of nitrogens with zero attached hydrogens (tertiary/aromatic N) is 5. The van der Waals surface area contributed by atoms with Crippen LogP contribution in [0.15, 0.2) is 28.8 Å². The fourth-order valence-electron chi connectivity index (χ4n) is 4.65. The van der Waals surface area contributed by atoms with Crippen LogP contribution in [-0.4, -0.2) is 50.4 Å². The average Bonchev–Trinajstić information content (AvgIpc) is 3.52. The summed E-state index contributed by atoms with van der Waals surface area (Å²) < 4.78 is 33.2. The van der Waals surface area contributed by atoms with E-state index in [0.29, 0.717) is 46.0 Å². The number of anilines is 1. The minimum atomic E-state index is -3.11. The molecule has 0 saturated carbocycles. The van der Waals surface area contributed by atoms with E-state index in [1.54, 1.807) is 27.7 Å². The number of hydrogen-bond donors (Lipinski definition) is 1. The number of pyridine rings is 1. The van der Waals surface area contributed by atoms with Crippen LogP contribution in [0.5, 0.6) is 0 Å². The molecule has 1 saturated heterocycles. The zero-order valence-electron chi connectivity index (χ0n) is 20.4. The molecule has 5 heterocycles. The third-order valence-corrected chi connectivity index (χ3v) is 8.02. The Labute approximate surface area is 203 Å². The molecule has 0 spiro atoms. The molecule has 4 aromatic rings. The molecule has 0 radical (unpaired) electrons. The summed E-state index contributed by atoms with van der Waals surface area (Å²) in [5.74, 6) is 1.73. The number of nitrogens with one attached hydrogen (secondary N) is 1. The number of aryl methyl sites for hydroxylation is 3. The normalized spacial score (nSPS) is 17.5. The zero-order valence-corrected chi connectivity index (χ0v) is 21.2. The fraction of sp³-hybridized carbons (Fsp3) is 0.417. The summed E-state index contributed by atoms with van der Waals surface area (Å²) in [6.45, 7) is 9.56. The number of hydrogen-bond acceptors (Lipinski definition) is 7. The third kappa shape index (κ3) is 4.24. The van der Waals surface area contributed by atoms with Crippen molar-refractivity contribution in [3.05, 3.63) is 47.2 Å². The maximum absolute atomic E-state index is 13.6. The van der Waals surface area contributed by atoms with E-state index in [2.05, 4.69) is 15.5 Å². The number of sulfone groups is 1. The van der Waals surface area contributed by atoms with E-state index in [4.69, 9.17) is 9.40 Å². The molecule has 0 aromatic carbocycles. The number of rotatable bonds is 5.